The molecular formula is C23H44N4O6. The molecular weight excluding hydrogens is 428 g/mol. The highest BCUT2D eigenvalue weighted by Gasteiger charge is 2.32. The van der Waals surface area contributed by atoms with Crippen molar-refractivity contribution < 1.29 is 29.0 Å². The van der Waals surface area contributed by atoms with Crippen LogP contribution in [0.4, 0.5) is 0 Å². The van der Waals surface area contributed by atoms with Crippen LogP contribution in [0.1, 0.15) is 79.1 Å². The van der Waals surface area contributed by atoms with Gasteiger partial charge in [-0.3, -0.25) is 19.2 Å². The molecule has 7 N–H and O–H groups in total. The number of carbonyl (C=O) groups is 4. The number of hydrogen-bond donors (Lipinski definition) is 5. The Morgan fingerprint density at radius 2 is 1.55 bits per heavy atom. The molecule has 0 spiro atoms. The Morgan fingerprint density at radius 3 is 2.06 bits per heavy atom. The molecule has 0 saturated heterocycles. The molecule has 10 heteroatoms. The zero-order valence-electron chi connectivity index (χ0n) is 20.6. The van der Waals surface area contributed by atoms with Gasteiger partial charge in [0.2, 0.25) is 5.91 Å². The first-order chi connectivity index (χ1) is 15.6. The Bertz CT molecular complexity index is 614. The maximum absolute atomic E-state index is 12.7. The fourth-order valence-corrected chi connectivity index (χ4v) is 3.22. The van der Waals surface area contributed by atoms with Gasteiger partial charge < -0.3 is 31.9 Å². The number of aliphatic hydroxyl groups is 1. The quantitative estimate of drug-likeness (QED) is 0.142. The second-order valence-electron chi connectivity index (χ2n) is 8.50. The van der Waals surface area contributed by atoms with E-state index < -0.39 is 42.1 Å². The summed E-state index contributed by atoms with van der Waals surface area (Å²) in [6.45, 7) is 7.57. The number of hydrogen-bond acceptors (Lipinski definition) is 8. The smallest absolute Gasteiger partial charge is 0.306 e. The van der Waals surface area contributed by atoms with Gasteiger partial charge >= 0.3 is 5.97 Å². The molecule has 5 atom stereocenters. The Morgan fingerprint density at radius 1 is 0.909 bits per heavy atom. The van der Waals surface area contributed by atoms with Crippen molar-refractivity contribution in [2.24, 2.45) is 17.4 Å². The summed E-state index contributed by atoms with van der Waals surface area (Å²) in [6.07, 6.45) is 1.94. The fraction of sp³-hybridized carbons (Fsp3) is 0.826. The van der Waals surface area contributed by atoms with Crippen molar-refractivity contribution in [2.45, 2.75) is 103 Å². The third-order valence-electron chi connectivity index (χ3n) is 5.59. The van der Waals surface area contributed by atoms with Crippen LogP contribution < -0.4 is 22.1 Å². The predicted octanol–water partition coefficient (Wildman–Crippen LogP) is 0.532. The monoisotopic (exact) mass is 472 g/mol. The molecule has 10 nitrogen and oxygen atoms in total. The van der Waals surface area contributed by atoms with Crippen molar-refractivity contribution in [3.63, 3.8) is 0 Å². The molecule has 0 bridgehead atoms. The van der Waals surface area contributed by atoms with E-state index in [0.29, 0.717) is 12.3 Å². The highest BCUT2D eigenvalue weighted by Crippen LogP contribution is 2.13. The van der Waals surface area contributed by atoms with Crippen LogP contribution in [0.25, 0.3) is 0 Å². The summed E-state index contributed by atoms with van der Waals surface area (Å²) in [5, 5.41) is 15.0. The van der Waals surface area contributed by atoms with Gasteiger partial charge in [-0.2, -0.15) is 0 Å². The van der Waals surface area contributed by atoms with Crippen molar-refractivity contribution in [1.82, 2.24) is 10.6 Å². The number of carbonyl (C=O) groups excluding carboxylic acids is 4. The molecule has 0 aliphatic heterocycles. The van der Waals surface area contributed by atoms with Crippen molar-refractivity contribution in [2.75, 3.05) is 13.1 Å². The normalized spacial score (nSPS) is 15.6. The summed E-state index contributed by atoms with van der Waals surface area (Å²) in [5.74, 6) is -1.57. The minimum absolute atomic E-state index is 0.0721. The Kier molecular flexibility index (Phi) is 16.4. The SMILES string of the molecule is CCC(=O)[C@H](CCN)NC(=O)[C@@H](NC(=O)[C@H](CCN)OC(=O)CCCC[C@@H](C)CC)[C@H](C)O. The first kappa shape index (κ1) is 31.0. The lowest BCUT2D eigenvalue weighted by atomic mass is 10.0. The molecule has 0 unspecified atom stereocenters. The summed E-state index contributed by atoms with van der Waals surface area (Å²) in [7, 11) is 0. The molecule has 0 heterocycles. The molecule has 0 radical (unpaired) electrons. The number of unbranched alkanes of at least 4 members (excludes halogenated alkanes) is 1. The largest absolute Gasteiger partial charge is 0.452 e. The van der Waals surface area contributed by atoms with Crippen molar-refractivity contribution in [3.8, 4) is 0 Å². The minimum Gasteiger partial charge on any atom is -0.452 e. The maximum atomic E-state index is 12.7. The first-order valence-electron chi connectivity index (χ1n) is 12.0. The first-order valence-corrected chi connectivity index (χ1v) is 12.0. The zero-order chi connectivity index (χ0) is 25.4. The van der Waals surface area contributed by atoms with Gasteiger partial charge in [0.15, 0.2) is 11.9 Å². The summed E-state index contributed by atoms with van der Waals surface area (Å²) in [5.41, 5.74) is 11.1. The second kappa shape index (κ2) is 17.4. The van der Waals surface area contributed by atoms with Gasteiger partial charge in [0.1, 0.15) is 6.04 Å². The van der Waals surface area contributed by atoms with E-state index in [-0.39, 0.29) is 44.6 Å². The van der Waals surface area contributed by atoms with Gasteiger partial charge in [0, 0.05) is 19.3 Å². The number of rotatable bonds is 18. The molecule has 2 amide bonds. The molecule has 192 valence electrons. The van der Waals surface area contributed by atoms with E-state index >= 15 is 0 Å². The lowest BCUT2D eigenvalue weighted by Crippen LogP contribution is -2.57. The lowest BCUT2D eigenvalue weighted by molar-refractivity contribution is -0.157. The number of aliphatic hydroxyl groups excluding tert-OH is 1. The summed E-state index contributed by atoms with van der Waals surface area (Å²) in [4.78, 5) is 49.6. The zero-order valence-corrected chi connectivity index (χ0v) is 20.6. The van der Waals surface area contributed by atoms with Crippen LogP contribution >= 0.6 is 0 Å². The third-order valence-corrected chi connectivity index (χ3v) is 5.59. The molecule has 0 aromatic carbocycles. The summed E-state index contributed by atoms with van der Waals surface area (Å²) >= 11 is 0. The van der Waals surface area contributed by atoms with Gasteiger partial charge in [0.05, 0.1) is 12.1 Å². The van der Waals surface area contributed by atoms with E-state index in [1.54, 1.807) is 6.92 Å². The molecule has 0 aliphatic rings. The van der Waals surface area contributed by atoms with Gasteiger partial charge in [-0.25, -0.2) is 0 Å². The molecule has 0 fully saturated rings. The third kappa shape index (κ3) is 12.7. The van der Waals surface area contributed by atoms with Gasteiger partial charge in [0.25, 0.3) is 5.91 Å². The van der Waals surface area contributed by atoms with Crippen molar-refractivity contribution in [3.05, 3.63) is 0 Å². The molecule has 0 aromatic rings. The highest BCUT2D eigenvalue weighted by molar-refractivity contribution is 5.94. The second-order valence-corrected chi connectivity index (χ2v) is 8.50. The number of nitrogens with one attached hydrogen (secondary N) is 2. The summed E-state index contributed by atoms with van der Waals surface area (Å²) in [6, 6.07) is -2.14. The van der Waals surface area contributed by atoms with Crippen LogP contribution in [-0.4, -0.2) is 66.1 Å². The molecule has 33 heavy (non-hydrogen) atoms. The number of ether oxygens (including phenoxy) is 1. The van der Waals surface area contributed by atoms with Gasteiger partial charge in [-0.15, -0.1) is 0 Å². The summed E-state index contributed by atoms with van der Waals surface area (Å²) < 4.78 is 5.31. The maximum Gasteiger partial charge on any atom is 0.306 e. The van der Waals surface area contributed by atoms with E-state index in [1.165, 1.54) is 6.92 Å². The fourth-order valence-electron chi connectivity index (χ4n) is 3.22. The average molecular weight is 473 g/mol. The Balaban J connectivity index is 5.02. The van der Waals surface area contributed by atoms with Crippen molar-refractivity contribution in [1.29, 1.82) is 0 Å². The van der Waals surface area contributed by atoms with Crippen molar-refractivity contribution >= 4 is 23.6 Å². The van der Waals surface area contributed by atoms with E-state index in [0.717, 1.165) is 19.3 Å². The van der Waals surface area contributed by atoms with Crippen LogP contribution in [0.3, 0.4) is 0 Å². The number of ketones is 1. The highest BCUT2D eigenvalue weighted by atomic mass is 16.5. The topological polar surface area (TPSA) is 174 Å². The van der Waals surface area contributed by atoms with Crippen LogP contribution in [0.2, 0.25) is 0 Å². The van der Waals surface area contributed by atoms with Gasteiger partial charge in [-0.05, 0) is 38.8 Å². The number of amides is 2. The number of Topliss-reactive ketones (excluding diaryl/α,β-unsaturated/α-hetero) is 1. The average Bonchev–Trinajstić information content (AvgIpc) is 2.78. The number of esters is 1. The standard InChI is InChI=1S/C23H44N4O6/c1-5-15(3)9-7-8-10-20(30)33-19(12-14-25)22(31)27-21(16(4)28)23(32)26-17(11-13-24)18(29)6-2/h15-17,19,21,28H,5-14,24-25H2,1-4H3,(H,26,32)(H,27,31)/t15-,16-,17-,19-,21-/m0/s1. The lowest BCUT2D eigenvalue weighted by Gasteiger charge is -2.26. The van der Waals surface area contributed by atoms with E-state index in [1.807, 2.05) is 0 Å². The molecule has 0 rings (SSSR count). The Labute approximate surface area is 197 Å². The van der Waals surface area contributed by atoms with E-state index in [2.05, 4.69) is 24.5 Å². The van der Waals surface area contributed by atoms with Crippen LogP contribution in [-0.2, 0) is 23.9 Å². The number of nitrogens with two attached hydrogens (primary N) is 2. The van der Waals surface area contributed by atoms with Crippen LogP contribution in [0.15, 0.2) is 0 Å². The van der Waals surface area contributed by atoms with E-state index in [9.17, 15) is 24.3 Å². The molecule has 0 aromatic heterocycles. The van der Waals surface area contributed by atoms with Gasteiger partial charge in [-0.1, -0.05) is 40.0 Å². The van der Waals surface area contributed by atoms with E-state index in [4.69, 9.17) is 16.2 Å². The van der Waals surface area contributed by atoms with Crippen LogP contribution in [0.5, 0.6) is 0 Å². The van der Waals surface area contributed by atoms with Crippen LogP contribution in [0, 0.1) is 5.92 Å². The minimum atomic E-state index is -1.34. The Hall–Kier alpha value is -2.04. The molecule has 0 aliphatic carbocycles. The molecule has 0 saturated carbocycles. The predicted molar refractivity (Wildman–Crippen MR) is 126 cm³/mol.